The predicted octanol–water partition coefficient (Wildman–Crippen LogP) is 3.18. The van der Waals surface area contributed by atoms with Gasteiger partial charge in [-0.2, -0.15) is 0 Å². The molecule has 136 valence electrons. The number of nitrogens with one attached hydrogen (secondary N) is 2. The number of carbonyl (C=O) groups excluding carboxylic acids is 1. The molecule has 6 nitrogen and oxygen atoms in total. The third-order valence-corrected chi connectivity index (χ3v) is 4.70. The predicted molar refractivity (Wildman–Crippen MR) is 98.5 cm³/mol. The highest BCUT2D eigenvalue weighted by molar-refractivity contribution is 7.92. The number of hydrogen-bond acceptors (Lipinski definition) is 4. The van der Waals surface area contributed by atoms with E-state index in [0.717, 1.165) is 18.2 Å². The monoisotopic (exact) mass is 375 g/mol. The van der Waals surface area contributed by atoms with Crippen molar-refractivity contribution in [2.45, 2.75) is 20.3 Å². The zero-order valence-corrected chi connectivity index (χ0v) is 15.4. The van der Waals surface area contributed by atoms with Gasteiger partial charge in [0, 0.05) is 23.3 Å². The van der Waals surface area contributed by atoms with Crippen molar-refractivity contribution in [2.75, 3.05) is 11.0 Å². The molecule has 0 bridgehead atoms. The lowest BCUT2D eigenvalue weighted by Gasteiger charge is -2.11. The SMILES string of the molecule is CCc1cnc2[nH]cc(C(=O)c3c(C)ccc(NS(C)(=O)=O)c3F)c2c1. The van der Waals surface area contributed by atoms with Gasteiger partial charge in [0.15, 0.2) is 11.6 Å². The van der Waals surface area contributed by atoms with E-state index in [-0.39, 0.29) is 11.3 Å². The van der Waals surface area contributed by atoms with E-state index in [1.165, 1.54) is 18.3 Å². The van der Waals surface area contributed by atoms with Crippen molar-refractivity contribution in [1.82, 2.24) is 9.97 Å². The van der Waals surface area contributed by atoms with Gasteiger partial charge >= 0.3 is 0 Å². The van der Waals surface area contributed by atoms with Crippen LogP contribution >= 0.6 is 0 Å². The van der Waals surface area contributed by atoms with Gasteiger partial charge < -0.3 is 4.98 Å². The van der Waals surface area contributed by atoms with Crippen molar-refractivity contribution in [3.8, 4) is 0 Å². The number of H-pyrrole nitrogens is 1. The van der Waals surface area contributed by atoms with Crippen LogP contribution in [0.15, 0.2) is 30.6 Å². The molecule has 8 heteroatoms. The number of anilines is 1. The van der Waals surface area contributed by atoms with Gasteiger partial charge in [0.1, 0.15) is 5.65 Å². The maximum atomic E-state index is 14.9. The highest BCUT2D eigenvalue weighted by Gasteiger charge is 2.23. The summed E-state index contributed by atoms with van der Waals surface area (Å²) in [5.41, 5.74) is 1.78. The van der Waals surface area contributed by atoms with Crippen LogP contribution in [0.5, 0.6) is 0 Å². The standard InChI is InChI=1S/C18H18FN3O3S/c1-4-11-7-12-13(9-21-18(12)20-8-11)17(23)15-10(2)5-6-14(16(15)19)22-26(3,24)25/h5-9,22H,4H2,1-3H3,(H,20,21). The number of nitrogens with zero attached hydrogens (tertiary/aromatic N) is 1. The van der Waals surface area contributed by atoms with Crippen molar-refractivity contribution in [1.29, 1.82) is 0 Å². The number of carbonyl (C=O) groups is 1. The van der Waals surface area contributed by atoms with Gasteiger partial charge in [0.05, 0.1) is 17.5 Å². The number of halogens is 1. The summed E-state index contributed by atoms with van der Waals surface area (Å²) in [5.74, 6) is -1.42. The molecule has 0 fully saturated rings. The maximum absolute atomic E-state index is 14.9. The molecule has 0 radical (unpaired) electrons. The Morgan fingerprint density at radius 2 is 2.08 bits per heavy atom. The molecule has 0 spiro atoms. The number of hydrogen-bond donors (Lipinski definition) is 2. The zero-order chi connectivity index (χ0) is 19.1. The number of ketones is 1. The Morgan fingerprint density at radius 1 is 1.35 bits per heavy atom. The van der Waals surface area contributed by atoms with Crippen LogP contribution < -0.4 is 4.72 Å². The first-order chi connectivity index (χ1) is 12.2. The average Bonchev–Trinajstić information content (AvgIpc) is 2.99. The Balaban J connectivity index is 2.15. The average molecular weight is 375 g/mol. The quantitative estimate of drug-likeness (QED) is 0.670. The molecular weight excluding hydrogens is 357 g/mol. The van der Waals surface area contributed by atoms with E-state index in [1.807, 2.05) is 13.0 Å². The second-order valence-electron chi connectivity index (χ2n) is 6.12. The van der Waals surface area contributed by atoms with Gasteiger partial charge in [-0.1, -0.05) is 13.0 Å². The summed E-state index contributed by atoms with van der Waals surface area (Å²) in [7, 11) is -3.67. The molecule has 3 rings (SSSR count). The summed E-state index contributed by atoms with van der Waals surface area (Å²) >= 11 is 0. The van der Waals surface area contributed by atoms with Crippen molar-refractivity contribution in [2.24, 2.45) is 0 Å². The number of sulfonamides is 1. The molecule has 2 N–H and O–H groups in total. The maximum Gasteiger partial charge on any atom is 0.229 e. The lowest BCUT2D eigenvalue weighted by molar-refractivity contribution is 0.103. The van der Waals surface area contributed by atoms with E-state index >= 15 is 0 Å². The number of aromatic nitrogens is 2. The minimum atomic E-state index is -3.67. The molecular formula is C18H18FN3O3S. The molecule has 0 aliphatic carbocycles. The Bertz CT molecular complexity index is 1120. The molecule has 0 amide bonds. The minimum absolute atomic E-state index is 0.165. The zero-order valence-electron chi connectivity index (χ0n) is 14.6. The Labute approximate surface area is 150 Å². The number of fused-ring (bicyclic) bond motifs is 1. The molecule has 1 aromatic carbocycles. The van der Waals surface area contributed by atoms with Crippen LogP contribution in [0.3, 0.4) is 0 Å². The Kier molecular flexibility index (Phi) is 4.53. The molecule has 0 aliphatic rings. The highest BCUT2D eigenvalue weighted by atomic mass is 32.2. The van der Waals surface area contributed by atoms with Gasteiger partial charge in [-0.3, -0.25) is 9.52 Å². The van der Waals surface area contributed by atoms with E-state index in [0.29, 0.717) is 22.2 Å². The number of benzene rings is 1. The number of aryl methyl sites for hydroxylation is 2. The fourth-order valence-corrected chi connectivity index (χ4v) is 3.35. The third kappa shape index (κ3) is 3.32. The molecule has 0 saturated carbocycles. The van der Waals surface area contributed by atoms with Crippen LogP contribution in [0.1, 0.15) is 34.0 Å². The molecule has 2 heterocycles. The summed E-state index contributed by atoms with van der Waals surface area (Å²) in [6.07, 6.45) is 4.89. The van der Waals surface area contributed by atoms with Crippen LogP contribution in [0, 0.1) is 12.7 Å². The first-order valence-electron chi connectivity index (χ1n) is 7.99. The Hall–Kier alpha value is -2.74. The lowest BCUT2D eigenvalue weighted by Crippen LogP contribution is -2.14. The van der Waals surface area contributed by atoms with Gasteiger partial charge in [-0.15, -0.1) is 0 Å². The lowest BCUT2D eigenvalue weighted by atomic mass is 9.97. The first kappa shape index (κ1) is 18.1. The molecule has 2 aromatic heterocycles. The van der Waals surface area contributed by atoms with Crippen LogP contribution in [-0.2, 0) is 16.4 Å². The number of rotatable bonds is 5. The van der Waals surface area contributed by atoms with Crippen molar-refractivity contribution in [3.63, 3.8) is 0 Å². The largest absolute Gasteiger partial charge is 0.345 e. The summed E-state index contributed by atoms with van der Waals surface area (Å²) in [5, 5.41) is 0.606. The van der Waals surface area contributed by atoms with Crippen molar-refractivity contribution < 1.29 is 17.6 Å². The van der Waals surface area contributed by atoms with Gasteiger partial charge in [0.25, 0.3) is 0 Å². The molecule has 0 unspecified atom stereocenters. The normalized spacial score (nSPS) is 11.7. The topological polar surface area (TPSA) is 91.9 Å². The summed E-state index contributed by atoms with van der Waals surface area (Å²) < 4.78 is 39.8. The molecule has 0 atom stereocenters. The first-order valence-corrected chi connectivity index (χ1v) is 9.88. The molecule has 26 heavy (non-hydrogen) atoms. The summed E-state index contributed by atoms with van der Waals surface area (Å²) in [4.78, 5) is 20.2. The van der Waals surface area contributed by atoms with E-state index in [2.05, 4.69) is 14.7 Å². The third-order valence-electron chi connectivity index (χ3n) is 4.11. The van der Waals surface area contributed by atoms with E-state index in [4.69, 9.17) is 0 Å². The number of pyridine rings is 1. The molecule has 3 aromatic rings. The summed E-state index contributed by atoms with van der Waals surface area (Å²) in [6, 6.07) is 4.65. The van der Waals surface area contributed by atoms with Gasteiger partial charge in [0.2, 0.25) is 10.0 Å². The Morgan fingerprint density at radius 3 is 2.73 bits per heavy atom. The van der Waals surface area contributed by atoms with Gasteiger partial charge in [-0.25, -0.2) is 17.8 Å². The van der Waals surface area contributed by atoms with Crippen molar-refractivity contribution >= 4 is 32.5 Å². The van der Waals surface area contributed by atoms with Crippen LogP contribution in [0.4, 0.5) is 10.1 Å². The van der Waals surface area contributed by atoms with Gasteiger partial charge in [-0.05, 0) is 36.6 Å². The smallest absolute Gasteiger partial charge is 0.229 e. The number of aromatic amines is 1. The van der Waals surface area contributed by atoms with E-state index < -0.39 is 21.6 Å². The molecule has 0 saturated heterocycles. The van der Waals surface area contributed by atoms with Crippen LogP contribution in [-0.4, -0.2) is 30.4 Å². The van der Waals surface area contributed by atoms with E-state index in [1.54, 1.807) is 13.1 Å². The fourth-order valence-electron chi connectivity index (χ4n) is 2.79. The van der Waals surface area contributed by atoms with E-state index in [9.17, 15) is 17.6 Å². The minimum Gasteiger partial charge on any atom is -0.345 e. The second kappa shape index (κ2) is 6.53. The highest BCUT2D eigenvalue weighted by Crippen LogP contribution is 2.28. The second-order valence-corrected chi connectivity index (χ2v) is 7.87. The van der Waals surface area contributed by atoms with Crippen molar-refractivity contribution in [3.05, 3.63) is 58.7 Å². The van der Waals surface area contributed by atoms with Crippen LogP contribution in [0.2, 0.25) is 0 Å². The summed E-state index contributed by atoms with van der Waals surface area (Å²) in [6.45, 7) is 3.58. The fraction of sp³-hybridized carbons (Fsp3) is 0.222. The molecule has 0 aliphatic heterocycles. The van der Waals surface area contributed by atoms with Crippen LogP contribution in [0.25, 0.3) is 11.0 Å².